The van der Waals surface area contributed by atoms with Crippen molar-refractivity contribution in [2.45, 2.75) is 27.3 Å². The summed E-state index contributed by atoms with van der Waals surface area (Å²) in [6.07, 6.45) is 1.58. The van der Waals surface area contributed by atoms with E-state index in [0.717, 1.165) is 28.0 Å². The third kappa shape index (κ3) is 4.93. The van der Waals surface area contributed by atoms with Crippen LogP contribution >= 0.6 is 0 Å². The highest BCUT2D eigenvalue weighted by atomic mass is 19.1. The van der Waals surface area contributed by atoms with E-state index in [1.165, 1.54) is 12.1 Å². The number of nitrogens with zero attached hydrogens (tertiary/aromatic N) is 5. The number of hydrogen-bond acceptors (Lipinski definition) is 8. The predicted octanol–water partition coefficient (Wildman–Crippen LogP) is 5.55. The fourth-order valence-corrected chi connectivity index (χ4v) is 4.33. The van der Waals surface area contributed by atoms with E-state index in [2.05, 4.69) is 15.3 Å². The van der Waals surface area contributed by atoms with E-state index < -0.39 is 5.82 Å². The Kier molecular flexibility index (Phi) is 6.78. The Balaban J connectivity index is 1.56. The van der Waals surface area contributed by atoms with Crippen LogP contribution in [0.1, 0.15) is 23.9 Å². The first kappa shape index (κ1) is 24.9. The van der Waals surface area contributed by atoms with Crippen molar-refractivity contribution in [2.24, 2.45) is 0 Å². The van der Waals surface area contributed by atoms with Crippen LogP contribution in [-0.4, -0.2) is 43.6 Å². The van der Waals surface area contributed by atoms with Gasteiger partial charge in [0.05, 0.1) is 37.5 Å². The number of pyridine rings is 1. The van der Waals surface area contributed by atoms with E-state index in [-0.39, 0.29) is 23.6 Å². The van der Waals surface area contributed by atoms with Crippen molar-refractivity contribution in [2.75, 3.05) is 19.0 Å². The molecule has 0 spiro atoms. The lowest BCUT2D eigenvalue weighted by Crippen LogP contribution is -2.06. The van der Waals surface area contributed by atoms with Gasteiger partial charge in [0, 0.05) is 34.6 Å². The number of fused-ring (bicyclic) bond motifs is 1. The first-order valence-electron chi connectivity index (χ1n) is 12.1. The minimum Gasteiger partial charge on any atom is -0.507 e. The lowest BCUT2D eigenvalue weighted by Gasteiger charge is -2.12. The number of anilines is 2. The summed E-state index contributed by atoms with van der Waals surface area (Å²) in [6.45, 7) is 6.00. The molecule has 3 aromatic heterocycles. The van der Waals surface area contributed by atoms with E-state index in [1.54, 1.807) is 24.9 Å². The highest BCUT2D eigenvalue weighted by Crippen LogP contribution is 2.33. The number of phenolic OH excluding ortho intramolecular Hbond substituents is 1. The van der Waals surface area contributed by atoms with E-state index in [0.29, 0.717) is 29.7 Å². The van der Waals surface area contributed by atoms with Crippen LogP contribution in [0.3, 0.4) is 0 Å². The molecule has 0 atom stereocenters. The summed E-state index contributed by atoms with van der Waals surface area (Å²) < 4.78 is 27.4. The quantitative estimate of drug-likeness (QED) is 0.278. The predicted molar refractivity (Wildman–Crippen MR) is 143 cm³/mol. The van der Waals surface area contributed by atoms with Gasteiger partial charge in [-0.3, -0.25) is 9.67 Å². The Bertz CT molecular complexity index is 1590. The molecule has 38 heavy (non-hydrogen) atoms. The summed E-state index contributed by atoms with van der Waals surface area (Å²) in [5.41, 5.74) is 3.92. The number of aryl methyl sites for hydroxylation is 2. The molecular formula is C28H27FN6O3. The number of ether oxygens (including phenoxy) is 2. The second kappa shape index (κ2) is 10.3. The van der Waals surface area contributed by atoms with Crippen LogP contribution in [0, 0.1) is 19.7 Å². The highest BCUT2D eigenvalue weighted by molar-refractivity contribution is 5.92. The van der Waals surface area contributed by atoms with Crippen LogP contribution in [0.2, 0.25) is 0 Å². The highest BCUT2D eigenvalue weighted by Gasteiger charge is 2.20. The molecule has 0 aliphatic rings. The number of aromatic hydroxyl groups is 1. The average Bonchev–Trinajstić information content (AvgIpc) is 3.24. The Morgan fingerprint density at radius 2 is 1.82 bits per heavy atom. The molecule has 10 heteroatoms. The van der Waals surface area contributed by atoms with Crippen molar-refractivity contribution in [1.29, 1.82) is 0 Å². The number of halogens is 1. The van der Waals surface area contributed by atoms with Gasteiger partial charge in [0.1, 0.15) is 23.0 Å². The van der Waals surface area contributed by atoms with Gasteiger partial charge in [-0.15, -0.1) is 0 Å². The minimum absolute atomic E-state index is 0.00140. The smallest absolute Gasteiger partial charge is 0.183 e. The van der Waals surface area contributed by atoms with E-state index in [4.69, 9.17) is 19.6 Å². The van der Waals surface area contributed by atoms with Crippen molar-refractivity contribution in [1.82, 2.24) is 24.7 Å². The summed E-state index contributed by atoms with van der Waals surface area (Å²) in [5, 5.41) is 19.3. The zero-order chi connectivity index (χ0) is 26.8. The number of hydrogen-bond donors (Lipinski definition) is 2. The third-order valence-corrected chi connectivity index (χ3v) is 5.95. The molecule has 0 saturated heterocycles. The van der Waals surface area contributed by atoms with Gasteiger partial charge in [0.25, 0.3) is 0 Å². The summed E-state index contributed by atoms with van der Waals surface area (Å²) in [4.78, 5) is 13.6. The molecule has 194 valence electrons. The van der Waals surface area contributed by atoms with Crippen LogP contribution < -0.4 is 14.8 Å². The van der Waals surface area contributed by atoms with Crippen LogP contribution in [0.25, 0.3) is 22.4 Å². The fraction of sp³-hybridized carbons (Fsp3) is 0.214. The Morgan fingerprint density at radius 3 is 2.53 bits per heavy atom. The Morgan fingerprint density at radius 1 is 1.05 bits per heavy atom. The lowest BCUT2D eigenvalue weighted by atomic mass is 10.1. The normalized spacial score (nSPS) is 11.1. The number of phenols is 1. The number of para-hydroxylation sites is 1. The SMILES string of the molecule is CCOc1cc(O)c(Cn2nc(-c3ncc(OC)c(Nc4cc(C)nc(C)c4)n3)c3ccccc32)c(F)c1. The van der Waals surface area contributed by atoms with Gasteiger partial charge in [-0.1, -0.05) is 18.2 Å². The number of benzene rings is 2. The molecular weight excluding hydrogens is 487 g/mol. The van der Waals surface area contributed by atoms with Crippen molar-refractivity contribution < 1.29 is 19.0 Å². The minimum atomic E-state index is -0.579. The Hall–Kier alpha value is -4.73. The van der Waals surface area contributed by atoms with Gasteiger partial charge in [-0.25, -0.2) is 14.4 Å². The summed E-state index contributed by atoms with van der Waals surface area (Å²) >= 11 is 0. The van der Waals surface area contributed by atoms with E-state index in [9.17, 15) is 9.50 Å². The zero-order valence-corrected chi connectivity index (χ0v) is 21.5. The first-order chi connectivity index (χ1) is 18.4. The zero-order valence-electron chi connectivity index (χ0n) is 21.5. The summed E-state index contributed by atoms with van der Waals surface area (Å²) in [5.74, 6) is 0.780. The molecule has 0 bridgehead atoms. The molecule has 0 saturated carbocycles. The lowest BCUT2D eigenvalue weighted by molar-refractivity contribution is 0.334. The van der Waals surface area contributed by atoms with Crippen molar-refractivity contribution in [3.05, 3.63) is 77.5 Å². The average molecular weight is 515 g/mol. The number of methoxy groups -OCH3 is 1. The molecule has 9 nitrogen and oxygen atoms in total. The number of rotatable bonds is 8. The van der Waals surface area contributed by atoms with Gasteiger partial charge in [-0.2, -0.15) is 5.10 Å². The number of aromatic nitrogens is 5. The van der Waals surface area contributed by atoms with Gasteiger partial charge < -0.3 is 19.9 Å². The molecule has 2 N–H and O–H groups in total. The molecule has 0 radical (unpaired) electrons. The second-order valence-corrected chi connectivity index (χ2v) is 8.73. The van der Waals surface area contributed by atoms with Gasteiger partial charge in [0.2, 0.25) is 0 Å². The van der Waals surface area contributed by atoms with Crippen molar-refractivity contribution >= 4 is 22.4 Å². The maximum atomic E-state index is 14.9. The molecule has 0 fully saturated rings. The van der Waals surface area contributed by atoms with E-state index in [1.807, 2.05) is 50.2 Å². The van der Waals surface area contributed by atoms with Gasteiger partial charge >= 0.3 is 0 Å². The molecule has 0 amide bonds. The molecule has 2 aromatic carbocycles. The van der Waals surface area contributed by atoms with Crippen LogP contribution in [0.4, 0.5) is 15.9 Å². The largest absolute Gasteiger partial charge is 0.507 e. The second-order valence-electron chi connectivity index (χ2n) is 8.73. The van der Waals surface area contributed by atoms with Crippen molar-refractivity contribution in [3.8, 4) is 28.8 Å². The number of nitrogens with one attached hydrogen (secondary N) is 1. The molecule has 0 unspecified atom stereocenters. The summed E-state index contributed by atoms with van der Waals surface area (Å²) in [6, 6.07) is 14.0. The van der Waals surface area contributed by atoms with Crippen LogP contribution in [-0.2, 0) is 6.54 Å². The Labute approximate surface area is 218 Å². The molecule has 3 heterocycles. The topological polar surface area (TPSA) is 107 Å². The van der Waals surface area contributed by atoms with Crippen LogP contribution in [0.15, 0.2) is 54.7 Å². The maximum Gasteiger partial charge on any atom is 0.183 e. The van der Waals surface area contributed by atoms with Gasteiger partial charge in [-0.05, 0) is 39.0 Å². The fourth-order valence-electron chi connectivity index (χ4n) is 4.33. The molecule has 5 aromatic rings. The third-order valence-electron chi connectivity index (χ3n) is 5.95. The van der Waals surface area contributed by atoms with Crippen LogP contribution in [0.5, 0.6) is 17.2 Å². The molecule has 5 rings (SSSR count). The monoisotopic (exact) mass is 514 g/mol. The molecule has 0 aliphatic carbocycles. The maximum absolute atomic E-state index is 14.9. The standard InChI is InChI=1S/C28H27FN6O3/c1-5-38-19-12-22(29)21(24(36)13-19)15-35-23-9-7-6-8-20(23)26(34-35)28-30-14-25(37-4)27(33-28)32-18-10-16(2)31-17(3)11-18/h6-14,36H,5,15H2,1-4H3,(H,30,31,32,33). The first-order valence-corrected chi connectivity index (χ1v) is 12.1. The molecule has 0 aliphatic heterocycles. The van der Waals surface area contributed by atoms with Gasteiger partial charge in [0.15, 0.2) is 17.4 Å². The van der Waals surface area contributed by atoms with Crippen molar-refractivity contribution in [3.63, 3.8) is 0 Å². The van der Waals surface area contributed by atoms with E-state index >= 15 is 0 Å². The summed E-state index contributed by atoms with van der Waals surface area (Å²) in [7, 11) is 1.55.